The number of carbonyl (C=O) groups is 3. The average molecular weight is 855 g/mol. The van der Waals surface area contributed by atoms with Gasteiger partial charge in [0.1, 0.15) is 13.2 Å². The minimum Gasteiger partial charge on any atom is -0.462 e. The number of ether oxygens (including phenoxy) is 3. The van der Waals surface area contributed by atoms with Crippen molar-refractivity contribution in [3.8, 4) is 0 Å². The molecule has 1 atom stereocenters. The van der Waals surface area contributed by atoms with E-state index in [1.807, 2.05) is 0 Å². The van der Waals surface area contributed by atoms with Crippen LogP contribution < -0.4 is 0 Å². The number of unbranched alkanes of at least 4 members (excludes halogenated alkanes) is 28. The SMILES string of the molecule is CC/C=C\C/C=C\C/C=C\C/C=C\CCCCC(=O)OC[C@H](COC(=O)CCCCCCCCCCCCC)OC(=O)CCCCCCCCCCCCCCCCCCC. The third-order valence-corrected chi connectivity index (χ3v) is 11.3. The van der Waals surface area contributed by atoms with E-state index < -0.39 is 6.10 Å². The van der Waals surface area contributed by atoms with Crippen molar-refractivity contribution >= 4 is 17.9 Å². The summed E-state index contributed by atoms with van der Waals surface area (Å²) in [6.45, 7) is 6.50. The van der Waals surface area contributed by atoms with E-state index in [2.05, 4.69) is 69.4 Å². The summed E-state index contributed by atoms with van der Waals surface area (Å²) in [5.74, 6) is -0.916. The summed E-state index contributed by atoms with van der Waals surface area (Å²) in [7, 11) is 0. The Hall–Kier alpha value is -2.63. The third-order valence-electron chi connectivity index (χ3n) is 11.3. The summed E-state index contributed by atoms with van der Waals surface area (Å²) in [5, 5.41) is 0. The van der Waals surface area contributed by atoms with Crippen LogP contribution in [-0.2, 0) is 28.6 Å². The van der Waals surface area contributed by atoms with Crippen LogP contribution in [0.25, 0.3) is 0 Å². The van der Waals surface area contributed by atoms with E-state index in [9.17, 15) is 14.4 Å². The molecule has 0 saturated carbocycles. The highest BCUT2D eigenvalue weighted by Crippen LogP contribution is 2.16. The minimum absolute atomic E-state index is 0.0826. The minimum atomic E-state index is -0.784. The molecule has 0 unspecified atom stereocenters. The zero-order valence-corrected chi connectivity index (χ0v) is 40.4. The van der Waals surface area contributed by atoms with Gasteiger partial charge in [-0.15, -0.1) is 0 Å². The van der Waals surface area contributed by atoms with Crippen LogP contribution in [0, 0.1) is 0 Å². The summed E-state index contributed by atoms with van der Waals surface area (Å²) < 4.78 is 16.8. The molecule has 0 heterocycles. The quantitative estimate of drug-likeness (QED) is 0.0263. The van der Waals surface area contributed by atoms with Crippen LogP contribution in [0.5, 0.6) is 0 Å². The molecule has 0 aromatic rings. The van der Waals surface area contributed by atoms with E-state index in [1.54, 1.807) is 0 Å². The summed E-state index contributed by atoms with van der Waals surface area (Å²) in [6, 6.07) is 0. The average Bonchev–Trinajstić information content (AvgIpc) is 3.26. The Morgan fingerprint density at radius 2 is 0.639 bits per heavy atom. The second-order valence-electron chi connectivity index (χ2n) is 17.4. The number of carbonyl (C=O) groups excluding carboxylic acids is 3. The van der Waals surface area contributed by atoms with E-state index in [4.69, 9.17) is 14.2 Å². The van der Waals surface area contributed by atoms with Crippen molar-refractivity contribution < 1.29 is 28.6 Å². The van der Waals surface area contributed by atoms with Crippen molar-refractivity contribution in [2.45, 2.75) is 271 Å². The van der Waals surface area contributed by atoms with Gasteiger partial charge in [-0.3, -0.25) is 14.4 Å². The number of hydrogen-bond acceptors (Lipinski definition) is 6. The predicted molar refractivity (Wildman–Crippen MR) is 261 cm³/mol. The van der Waals surface area contributed by atoms with Gasteiger partial charge in [0.05, 0.1) is 0 Å². The highest BCUT2D eigenvalue weighted by Gasteiger charge is 2.19. The fourth-order valence-corrected chi connectivity index (χ4v) is 7.43. The Labute approximate surface area is 378 Å². The maximum absolute atomic E-state index is 12.8. The molecule has 0 rings (SSSR count). The van der Waals surface area contributed by atoms with Crippen LogP contribution in [-0.4, -0.2) is 37.2 Å². The number of esters is 3. The number of allylic oxidation sites excluding steroid dienone is 8. The maximum Gasteiger partial charge on any atom is 0.306 e. The van der Waals surface area contributed by atoms with Crippen LogP contribution in [0.1, 0.15) is 265 Å². The first-order chi connectivity index (χ1) is 30.0. The van der Waals surface area contributed by atoms with Gasteiger partial charge in [0, 0.05) is 19.3 Å². The second kappa shape index (κ2) is 50.0. The van der Waals surface area contributed by atoms with Crippen LogP contribution >= 0.6 is 0 Å². The third kappa shape index (κ3) is 48.3. The Morgan fingerprint density at radius 3 is 1.00 bits per heavy atom. The highest BCUT2D eigenvalue weighted by atomic mass is 16.6. The molecule has 0 radical (unpaired) electrons. The van der Waals surface area contributed by atoms with Gasteiger partial charge in [0.25, 0.3) is 0 Å². The highest BCUT2D eigenvalue weighted by molar-refractivity contribution is 5.71. The zero-order valence-electron chi connectivity index (χ0n) is 40.4. The first kappa shape index (κ1) is 58.4. The first-order valence-electron chi connectivity index (χ1n) is 26.1. The summed E-state index contributed by atoms with van der Waals surface area (Å²) in [4.78, 5) is 37.9. The standard InChI is InChI=1S/C55H98O6/c1-4-7-10-13-16-19-22-24-26-27-29-31-34-37-40-43-46-49-55(58)61-52(50-59-53(56)47-44-41-38-35-32-21-18-15-12-9-6-3)51-60-54(57)48-45-42-39-36-33-30-28-25-23-20-17-14-11-8-5-2/h8,11,17,20,25,28,33,36,52H,4-7,9-10,12-16,18-19,21-24,26-27,29-32,34-35,37-51H2,1-3H3/b11-8-,20-17-,28-25-,36-33-/t52-/m0/s1. The van der Waals surface area contributed by atoms with Crippen LogP contribution in [0.3, 0.4) is 0 Å². The Bertz CT molecular complexity index is 1070. The number of rotatable bonds is 47. The molecule has 0 aliphatic rings. The molecule has 0 saturated heterocycles. The summed E-state index contributed by atoms with van der Waals surface area (Å²) in [5.41, 5.74) is 0. The largest absolute Gasteiger partial charge is 0.462 e. The van der Waals surface area contributed by atoms with Gasteiger partial charge in [0.2, 0.25) is 0 Å². The monoisotopic (exact) mass is 855 g/mol. The lowest BCUT2D eigenvalue weighted by Crippen LogP contribution is -2.30. The lowest BCUT2D eigenvalue weighted by atomic mass is 10.0. The fraction of sp³-hybridized carbons (Fsp3) is 0.800. The van der Waals surface area contributed by atoms with E-state index in [-0.39, 0.29) is 31.1 Å². The van der Waals surface area contributed by atoms with Crippen LogP contribution in [0.15, 0.2) is 48.6 Å². The lowest BCUT2D eigenvalue weighted by Gasteiger charge is -2.18. The molecule has 0 aromatic carbocycles. The fourth-order valence-electron chi connectivity index (χ4n) is 7.43. The van der Waals surface area contributed by atoms with Gasteiger partial charge in [0.15, 0.2) is 6.10 Å². The number of hydrogen-bond donors (Lipinski definition) is 0. The molecular weight excluding hydrogens is 757 g/mol. The summed E-state index contributed by atoms with van der Waals surface area (Å²) in [6.07, 6.45) is 59.6. The zero-order chi connectivity index (χ0) is 44.4. The van der Waals surface area contributed by atoms with E-state index in [0.717, 1.165) is 83.5 Å². The topological polar surface area (TPSA) is 78.9 Å². The Balaban J connectivity index is 4.39. The molecule has 354 valence electrons. The van der Waals surface area contributed by atoms with Crippen LogP contribution in [0.2, 0.25) is 0 Å². The molecular formula is C55H98O6. The van der Waals surface area contributed by atoms with E-state index in [0.29, 0.717) is 19.3 Å². The van der Waals surface area contributed by atoms with Crippen molar-refractivity contribution in [2.75, 3.05) is 13.2 Å². The smallest absolute Gasteiger partial charge is 0.306 e. The van der Waals surface area contributed by atoms with E-state index >= 15 is 0 Å². The maximum atomic E-state index is 12.8. The van der Waals surface area contributed by atoms with Crippen molar-refractivity contribution in [1.29, 1.82) is 0 Å². The molecule has 0 bridgehead atoms. The van der Waals surface area contributed by atoms with Crippen LogP contribution in [0.4, 0.5) is 0 Å². The molecule has 0 aliphatic heterocycles. The normalized spacial score (nSPS) is 12.4. The molecule has 61 heavy (non-hydrogen) atoms. The molecule has 0 spiro atoms. The predicted octanol–water partition coefficient (Wildman–Crippen LogP) is 17.1. The van der Waals surface area contributed by atoms with Crippen molar-refractivity contribution in [3.05, 3.63) is 48.6 Å². The van der Waals surface area contributed by atoms with Gasteiger partial charge in [-0.1, -0.05) is 236 Å². The Kier molecular flexibility index (Phi) is 47.9. The molecule has 0 fully saturated rings. The van der Waals surface area contributed by atoms with Crippen molar-refractivity contribution in [1.82, 2.24) is 0 Å². The first-order valence-corrected chi connectivity index (χ1v) is 26.1. The van der Waals surface area contributed by atoms with Gasteiger partial charge in [-0.05, 0) is 57.8 Å². The molecule has 0 aromatic heterocycles. The van der Waals surface area contributed by atoms with Gasteiger partial charge in [-0.25, -0.2) is 0 Å². The summed E-state index contributed by atoms with van der Waals surface area (Å²) >= 11 is 0. The van der Waals surface area contributed by atoms with Crippen molar-refractivity contribution in [3.63, 3.8) is 0 Å². The molecule has 6 heteroatoms. The molecule has 0 N–H and O–H groups in total. The molecule has 0 amide bonds. The second-order valence-corrected chi connectivity index (χ2v) is 17.4. The van der Waals surface area contributed by atoms with E-state index in [1.165, 1.54) is 141 Å². The lowest BCUT2D eigenvalue weighted by molar-refractivity contribution is -0.167. The van der Waals surface area contributed by atoms with Gasteiger partial charge >= 0.3 is 17.9 Å². The Morgan fingerprint density at radius 1 is 0.344 bits per heavy atom. The van der Waals surface area contributed by atoms with Gasteiger partial charge < -0.3 is 14.2 Å². The van der Waals surface area contributed by atoms with Crippen molar-refractivity contribution in [2.24, 2.45) is 0 Å². The molecule has 6 nitrogen and oxygen atoms in total. The molecule has 0 aliphatic carbocycles. The van der Waals surface area contributed by atoms with Gasteiger partial charge in [-0.2, -0.15) is 0 Å².